The van der Waals surface area contributed by atoms with E-state index in [2.05, 4.69) is 180 Å². The van der Waals surface area contributed by atoms with Crippen LogP contribution in [0.1, 0.15) is 0 Å². The van der Waals surface area contributed by atoms with E-state index in [-0.39, 0.29) is 0 Å². The summed E-state index contributed by atoms with van der Waals surface area (Å²) in [7, 11) is 0. The Kier molecular flexibility index (Phi) is 10.5. The molecule has 10 aromatic rings. The number of aromatic nitrogens is 3. The van der Waals surface area contributed by atoms with Crippen LogP contribution in [0.5, 0.6) is 0 Å². The van der Waals surface area contributed by atoms with Crippen LogP contribution < -0.4 is 0 Å². The molecule has 3 heterocycles. The van der Waals surface area contributed by atoms with Crippen molar-refractivity contribution in [3.05, 3.63) is 235 Å². The van der Waals surface area contributed by atoms with Gasteiger partial charge in [-0.25, -0.2) is 0 Å². The van der Waals surface area contributed by atoms with Crippen LogP contribution in [0.15, 0.2) is 235 Å². The average molecular weight is 845 g/mol. The molecule has 0 aliphatic carbocycles. The second kappa shape index (κ2) is 17.0. The lowest BCUT2D eigenvalue weighted by atomic mass is 9.86. The van der Waals surface area contributed by atoms with Gasteiger partial charge < -0.3 is 0 Å². The van der Waals surface area contributed by atoms with Crippen LogP contribution in [0, 0.1) is 0 Å². The van der Waals surface area contributed by atoms with Crippen LogP contribution in [-0.2, 0) is 0 Å². The van der Waals surface area contributed by atoms with Crippen molar-refractivity contribution in [1.82, 2.24) is 15.0 Å². The monoisotopic (exact) mass is 843 g/mol. The first-order valence-electron chi connectivity index (χ1n) is 20.3. The summed E-state index contributed by atoms with van der Waals surface area (Å²) < 4.78 is 1.03. The minimum atomic E-state index is 0.928. The summed E-state index contributed by atoms with van der Waals surface area (Å²) >= 11 is 3.62. The van der Waals surface area contributed by atoms with Crippen LogP contribution in [0.4, 0.5) is 0 Å². The molecule has 288 valence electrons. The van der Waals surface area contributed by atoms with E-state index < -0.39 is 0 Å². The van der Waals surface area contributed by atoms with E-state index in [1.54, 1.807) is 0 Å². The van der Waals surface area contributed by atoms with Crippen molar-refractivity contribution in [2.24, 2.45) is 0 Å². The Morgan fingerprint density at radius 3 is 0.869 bits per heavy atom. The van der Waals surface area contributed by atoms with Crippen molar-refractivity contribution in [2.45, 2.75) is 0 Å². The molecule has 0 aliphatic heterocycles. The molecule has 0 aliphatic rings. The first kappa shape index (κ1) is 37.7. The molecule has 10 rings (SSSR count). The van der Waals surface area contributed by atoms with Gasteiger partial charge in [-0.3, -0.25) is 15.0 Å². The van der Waals surface area contributed by atoms with Crippen LogP contribution in [-0.4, -0.2) is 15.0 Å². The highest BCUT2D eigenvalue weighted by molar-refractivity contribution is 9.10. The van der Waals surface area contributed by atoms with E-state index >= 15 is 0 Å². The predicted octanol–water partition coefficient (Wildman–Crippen LogP) is 15.6. The van der Waals surface area contributed by atoms with Crippen LogP contribution in [0.3, 0.4) is 0 Å². The fourth-order valence-corrected chi connectivity index (χ4v) is 8.49. The molecule has 0 N–H and O–H groups in total. The van der Waals surface area contributed by atoms with Crippen molar-refractivity contribution < 1.29 is 0 Å². The Morgan fingerprint density at radius 2 is 0.541 bits per heavy atom. The summed E-state index contributed by atoms with van der Waals surface area (Å²) in [5, 5.41) is 0. The molecule has 0 saturated carbocycles. The van der Waals surface area contributed by atoms with E-state index in [1.165, 1.54) is 0 Å². The van der Waals surface area contributed by atoms with Gasteiger partial charge in [0.05, 0.1) is 17.1 Å². The van der Waals surface area contributed by atoms with Crippen molar-refractivity contribution in [3.63, 3.8) is 0 Å². The largest absolute Gasteiger partial charge is 0.256 e. The number of hydrogen-bond donors (Lipinski definition) is 0. The SMILES string of the molecule is Brc1cccc(-c2ccc(-c3ccccc3-c3cc(-c4ccccc4-c4ccc(-c5ccccc5)nc4)cc(-c4ccccc4-c4ccc(-c5ccccc5)nc4)c3)cn2)c1. The van der Waals surface area contributed by atoms with E-state index in [1.807, 2.05) is 67.1 Å². The summed E-state index contributed by atoms with van der Waals surface area (Å²) in [6.45, 7) is 0. The molecular weight excluding hydrogens is 807 g/mol. The smallest absolute Gasteiger partial charge is 0.0702 e. The molecule has 0 amide bonds. The van der Waals surface area contributed by atoms with Gasteiger partial charge in [0.15, 0.2) is 0 Å². The van der Waals surface area contributed by atoms with Gasteiger partial charge in [0.2, 0.25) is 0 Å². The molecule has 0 bridgehead atoms. The quantitative estimate of drug-likeness (QED) is 0.145. The molecule has 7 aromatic carbocycles. The third-order valence-corrected chi connectivity index (χ3v) is 11.6. The molecule has 0 atom stereocenters. The van der Waals surface area contributed by atoms with Gasteiger partial charge in [-0.15, -0.1) is 0 Å². The molecule has 0 saturated heterocycles. The lowest BCUT2D eigenvalue weighted by Gasteiger charge is -2.18. The molecule has 0 fully saturated rings. The summed E-state index contributed by atoms with van der Waals surface area (Å²) in [4.78, 5) is 14.8. The van der Waals surface area contributed by atoms with Crippen molar-refractivity contribution in [2.75, 3.05) is 0 Å². The van der Waals surface area contributed by atoms with Gasteiger partial charge in [0.1, 0.15) is 0 Å². The first-order valence-corrected chi connectivity index (χ1v) is 21.1. The topological polar surface area (TPSA) is 38.7 Å². The molecular formula is C57H38BrN3. The van der Waals surface area contributed by atoms with Gasteiger partial charge in [0.25, 0.3) is 0 Å². The lowest BCUT2D eigenvalue weighted by Crippen LogP contribution is -1.93. The molecule has 0 unspecified atom stereocenters. The number of hydrogen-bond acceptors (Lipinski definition) is 3. The average Bonchev–Trinajstić information content (AvgIpc) is 3.34. The van der Waals surface area contributed by atoms with Crippen LogP contribution >= 0.6 is 15.9 Å². The minimum Gasteiger partial charge on any atom is -0.256 e. The molecule has 0 spiro atoms. The lowest BCUT2D eigenvalue weighted by molar-refractivity contribution is 1.32. The zero-order chi connectivity index (χ0) is 41.0. The van der Waals surface area contributed by atoms with E-state index in [0.717, 1.165) is 105 Å². The standard InChI is InChI=1S/C57H38BrN3/c58-48-19-13-18-41(35-48)57-31-28-44(38-61-57)51-22-9-12-25-54(51)47-33-45(52-23-10-7-20-49(52)42-26-29-55(59-36-42)39-14-3-1-4-15-39)32-46(34-47)53-24-11-8-21-50(53)43-27-30-56(60-37-43)40-16-5-2-6-17-40/h1-38H. The highest BCUT2D eigenvalue weighted by Crippen LogP contribution is 2.42. The van der Waals surface area contributed by atoms with E-state index in [4.69, 9.17) is 15.0 Å². The highest BCUT2D eigenvalue weighted by Gasteiger charge is 2.17. The fourth-order valence-electron chi connectivity index (χ4n) is 8.09. The maximum Gasteiger partial charge on any atom is 0.0702 e. The maximum atomic E-state index is 4.94. The van der Waals surface area contributed by atoms with Gasteiger partial charge in [-0.1, -0.05) is 180 Å². The van der Waals surface area contributed by atoms with Crippen LogP contribution in [0.2, 0.25) is 0 Å². The second-order valence-corrected chi connectivity index (χ2v) is 15.9. The summed E-state index contributed by atoms with van der Waals surface area (Å²) in [5.74, 6) is 0. The first-order chi connectivity index (χ1) is 30.1. The second-order valence-electron chi connectivity index (χ2n) is 15.0. The Hall–Kier alpha value is -7.53. The predicted molar refractivity (Wildman–Crippen MR) is 256 cm³/mol. The van der Waals surface area contributed by atoms with E-state index in [9.17, 15) is 0 Å². The van der Waals surface area contributed by atoms with Gasteiger partial charge in [0, 0.05) is 56.4 Å². The summed E-state index contributed by atoms with van der Waals surface area (Å²) in [5.41, 5.74) is 19.3. The van der Waals surface area contributed by atoms with Gasteiger partial charge in [-0.05, 0) is 98.6 Å². The minimum absolute atomic E-state index is 0.928. The number of nitrogens with zero attached hydrogens (tertiary/aromatic N) is 3. The maximum absolute atomic E-state index is 4.94. The molecule has 4 heteroatoms. The van der Waals surface area contributed by atoms with Crippen molar-refractivity contribution in [1.29, 1.82) is 0 Å². The zero-order valence-electron chi connectivity index (χ0n) is 33.2. The summed E-state index contributed by atoms with van der Waals surface area (Å²) in [6, 6.07) is 74.7. The normalized spacial score (nSPS) is 11.0. The molecule has 61 heavy (non-hydrogen) atoms. The molecule has 3 nitrogen and oxygen atoms in total. The third kappa shape index (κ3) is 7.97. The van der Waals surface area contributed by atoms with Crippen molar-refractivity contribution >= 4 is 15.9 Å². The van der Waals surface area contributed by atoms with Crippen molar-refractivity contribution in [3.8, 4) is 101 Å². The number of rotatable bonds is 9. The molecule has 3 aromatic heterocycles. The van der Waals surface area contributed by atoms with Crippen LogP contribution in [0.25, 0.3) is 101 Å². The third-order valence-electron chi connectivity index (χ3n) is 11.1. The Balaban J connectivity index is 1.12. The number of benzene rings is 7. The summed E-state index contributed by atoms with van der Waals surface area (Å²) in [6.07, 6.45) is 5.98. The highest BCUT2D eigenvalue weighted by atomic mass is 79.9. The Morgan fingerprint density at radius 1 is 0.230 bits per heavy atom. The fraction of sp³-hybridized carbons (Fsp3) is 0. The number of halogens is 1. The Bertz CT molecular complexity index is 2960. The zero-order valence-corrected chi connectivity index (χ0v) is 34.7. The molecule has 0 radical (unpaired) electrons. The Labute approximate surface area is 364 Å². The van der Waals surface area contributed by atoms with Gasteiger partial charge >= 0.3 is 0 Å². The van der Waals surface area contributed by atoms with E-state index in [0.29, 0.717) is 0 Å². The number of pyridine rings is 3. The van der Waals surface area contributed by atoms with Gasteiger partial charge in [-0.2, -0.15) is 0 Å².